The van der Waals surface area contributed by atoms with Crippen molar-refractivity contribution in [1.29, 1.82) is 0 Å². The molecule has 0 bridgehead atoms. The molecular formula is C31H34ClN7O4. The molecule has 43 heavy (non-hydrogen) atoms. The molecule has 4 aromatic rings. The number of morpholine rings is 1. The molecule has 2 aromatic carbocycles. The fourth-order valence-corrected chi connectivity index (χ4v) is 4.77. The summed E-state index contributed by atoms with van der Waals surface area (Å²) in [6.07, 6.45) is 4.37. The van der Waals surface area contributed by atoms with Gasteiger partial charge in [0.25, 0.3) is 0 Å². The number of ether oxygens (including phenoxy) is 3. The second-order valence-corrected chi connectivity index (χ2v) is 10.3. The van der Waals surface area contributed by atoms with Crippen molar-refractivity contribution < 1.29 is 19.0 Å². The smallest absolute Gasteiger partial charge is 0.323 e. The Morgan fingerprint density at radius 1 is 1.02 bits per heavy atom. The molecule has 3 heterocycles. The van der Waals surface area contributed by atoms with E-state index < -0.39 is 6.03 Å². The van der Waals surface area contributed by atoms with Crippen LogP contribution in [-0.2, 0) is 4.74 Å². The zero-order chi connectivity index (χ0) is 30.0. The summed E-state index contributed by atoms with van der Waals surface area (Å²) < 4.78 is 16.9. The van der Waals surface area contributed by atoms with Crippen LogP contribution < -0.4 is 25.4 Å². The largest absolute Gasteiger partial charge is 0.495 e. The Labute approximate surface area is 255 Å². The van der Waals surface area contributed by atoms with E-state index in [1.165, 1.54) is 7.11 Å². The fraction of sp³-hybridized carbons (Fsp3) is 0.290. The number of rotatable bonds is 11. The van der Waals surface area contributed by atoms with Crippen molar-refractivity contribution in [3.8, 4) is 28.6 Å². The number of methoxy groups -OCH3 is 1. The second-order valence-electron chi connectivity index (χ2n) is 9.86. The molecule has 0 aliphatic carbocycles. The number of hydrogen-bond donors (Lipinski definition) is 3. The first-order valence-electron chi connectivity index (χ1n) is 14.0. The van der Waals surface area contributed by atoms with Crippen molar-refractivity contribution in [3.63, 3.8) is 0 Å². The van der Waals surface area contributed by atoms with Gasteiger partial charge in [0.05, 0.1) is 37.3 Å². The van der Waals surface area contributed by atoms with Gasteiger partial charge in [-0.1, -0.05) is 11.6 Å². The highest BCUT2D eigenvalue weighted by Crippen LogP contribution is 2.33. The summed E-state index contributed by atoms with van der Waals surface area (Å²) in [5.74, 6) is 2.06. The van der Waals surface area contributed by atoms with Crippen LogP contribution >= 0.6 is 11.6 Å². The van der Waals surface area contributed by atoms with Crippen LogP contribution in [0.3, 0.4) is 0 Å². The molecule has 1 aliphatic rings. The van der Waals surface area contributed by atoms with Crippen LogP contribution in [0.25, 0.3) is 11.3 Å². The van der Waals surface area contributed by atoms with Crippen molar-refractivity contribution in [1.82, 2.24) is 19.9 Å². The van der Waals surface area contributed by atoms with Crippen molar-refractivity contribution in [2.75, 3.05) is 62.5 Å². The van der Waals surface area contributed by atoms with Gasteiger partial charge in [0.15, 0.2) is 0 Å². The zero-order valence-electron chi connectivity index (χ0n) is 24.1. The number of urea groups is 1. The van der Waals surface area contributed by atoms with E-state index in [1.54, 1.807) is 42.7 Å². The van der Waals surface area contributed by atoms with Gasteiger partial charge in [-0.3, -0.25) is 4.90 Å². The molecule has 12 heteroatoms. The van der Waals surface area contributed by atoms with Gasteiger partial charge in [-0.25, -0.2) is 19.7 Å². The van der Waals surface area contributed by atoms with Gasteiger partial charge >= 0.3 is 6.03 Å². The predicted octanol–water partition coefficient (Wildman–Crippen LogP) is 6.08. The minimum Gasteiger partial charge on any atom is -0.495 e. The van der Waals surface area contributed by atoms with E-state index >= 15 is 0 Å². The number of halogens is 1. The highest BCUT2D eigenvalue weighted by molar-refractivity contribution is 6.31. The Kier molecular flexibility index (Phi) is 10.2. The number of amides is 2. The molecular weight excluding hydrogens is 570 g/mol. The first-order valence-corrected chi connectivity index (χ1v) is 14.4. The molecule has 5 rings (SSSR count). The summed E-state index contributed by atoms with van der Waals surface area (Å²) in [7, 11) is 1.52. The number of benzene rings is 2. The third kappa shape index (κ3) is 8.31. The summed E-state index contributed by atoms with van der Waals surface area (Å²) >= 11 is 6.07. The lowest BCUT2D eigenvalue weighted by atomic mass is 10.2. The first-order chi connectivity index (χ1) is 21.0. The van der Waals surface area contributed by atoms with E-state index in [0.717, 1.165) is 56.9 Å². The average Bonchev–Trinajstić information content (AvgIpc) is 3.02. The molecule has 224 valence electrons. The maximum Gasteiger partial charge on any atom is 0.323 e. The summed E-state index contributed by atoms with van der Waals surface area (Å²) in [5.41, 5.74) is 3.28. The number of carbonyl (C=O) groups is 1. The molecule has 11 nitrogen and oxygen atoms in total. The van der Waals surface area contributed by atoms with Gasteiger partial charge in [0, 0.05) is 42.7 Å². The van der Waals surface area contributed by atoms with E-state index in [0.29, 0.717) is 45.4 Å². The number of nitrogens with one attached hydrogen (secondary N) is 3. The van der Waals surface area contributed by atoms with Crippen LogP contribution in [0.5, 0.6) is 17.4 Å². The third-order valence-electron chi connectivity index (χ3n) is 6.79. The van der Waals surface area contributed by atoms with Crippen LogP contribution in [-0.4, -0.2) is 72.4 Å². The highest BCUT2D eigenvalue weighted by Gasteiger charge is 2.14. The number of aryl methyl sites for hydroxylation is 1. The molecule has 2 amide bonds. The van der Waals surface area contributed by atoms with Gasteiger partial charge in [-0.2, -0.15) is 0 Å². The van der Waals surface area contributed by atoms with E-state index in [-0.39, 0.29) is 0 Å². The topological polar surface area (TPSA) is 123 Å². The van der Waals surface area contributed by atoms with E-state index in [2.05, 4.69) is 30.8 Å². The molecule has 1 aliphatic heterocycles. The number of nitrogens with zero attached hydrogens (tertiary/aromatic N) is 4. The molecule has 0 saturated carbocycles. The maximum absolute atomic E-state index is 12.6. The molecule has 0 radical (unpaired) electrons. The van der Waals surface area contributed by atoms with Crippen LogP contribution in [0.15, 0.2) is 67.0 Å². The van der Waals surface area contributed by atoms with Gasteiger partial charge in [0.1, 0.15) is 11.5 Å². The first kappa shape index (κ1) is 30.0. The fourth-order valence-electron chi connectivity index (χ4n) is 4.60. The van der Waals surface area contributed by atoms with Crippen LogP contribution in [0.2, 0.25) is 5.02 Å². The van der Waals surface area contributed by atoms with E-state index in [9.17, 15) is 4.79 Å². The quantitative estimate of drug-likeness (QED) is 0.175. The summed E-state index contributed by atoms with van der Waals surface area (Å²) in [4.78, 5) is 28.6. The van der Waals surface area contributed by atoms with Crippen LogP contribution in [0.4, 0.5) is 22.1 Å². The molecule has 2 aromatic heterocycles. The lowest BCUT2D eigenvalue weighted by Gasteiger charge is -2.26. The van der Waals surface area contributed by atoms with Crippen molar-refractivity contribution in [3.05, 3.63) is 77.6 Å². The average molecular weight is 604 g/mol. The van der Waals surface area contributed by atoms with Crippen LogP contribution in [0, 0.1) is 6.92 Å². The lowest BCUT2D eigenvalue weighted by Crippen LogP contribution is -2.37. The Morgan fingerprint density at radius 3 is 2.67 bits per heavy atom. The second kappa shape index (κ2) is 14.6. The Bertz CT molecular complexity index is 1550. The van der Waals surface area contributed by atoms with Crippen molar-refractivity contribution >= 4 is 35.0 Å². The van der Waals surface area contributed by atoms with Gasteiger partial charge in [0.2, 0.25) is 11.8 Å². The minimum absolute atomic E-state index is 0.411. The number of hydrogen-bond acceptors (Lipinski definition) is 9. The summed E-state index contributed by atoms with van der Waals surface area (Å²) in [6.45, 7) is 7.21. The number of aromatic nitrogens is 3. The molecule has 3 N–H and O–H groups in total. The molecule has 0 atom stereocenters. The lowest BCUT2D eigenvalue weighted by molar-refractivity contribution is 0.0378. The van der Waals surface area contributed by atoms with Crippen molar-refractivity contribution in [2.45, 2.75) is 13.3 Å². The molecule has 1 saturated heterocycles. The molecule has 0 spiro atoms. The number of pyridine rings is 1. The third-order valence-corrected chi connectivity index (χ3v) is 7.02. The number of carbonyl (C=O) groups excluding carboxylic acids is 1. The predicted molar refractivity (Wildman–Crippen MR) is 168 cm³/mol. The Morgan fingerprint density at radius 2 is 1.86 bits per heavy atom. The summed E-state index contributed by atoms with van der Waals surface area (Å²) in [5, 5.41) is 9.39. The molecule has 0 unspecified atom stereocenters. The number of anilines is 3. The van der Waals surface area contributed by atoms with E-state index in [1.807, 2.05) is 31.2 Å². The minimum atomic E-state index is -0.435. The SMILES string of the molecule is COc1ccc(Cl)cc1NC(=O)Nc1ccc(Oc2ncccc2-c2ccnc(NCCCN3CCOCC3)n2)c(C)c1. The normalized spacial score (nSPS) is 13.3. The maximum atomic E-state index is 12.6. The van der Waals surface area contributed by atoms with Crippen LogP contribution in [0.1, 0.15) is 12.0 Å². The Hall–Kier alpha value is -4.45. The van der Waals surface area contributed by atoms with Crippen molar-refractivity contribution in [2.24, 2.45) is 0 Å². The highest BCUT2D eigenvalue weighted by atomic mass is 35.5. The Balaban J connectivity index is 1.21. The standard InChI is InChI=1S/C31H34ClN7O4/c1-21-19-23(36-31(40)38-26-20-22(32)6-8-28(26)41-2)7-9-27(21)43-29-24(5-3-11-33-29)25-10-13-35-30(37-25)34-12-4-14-39-15-17-42-18-16-39/h3,5-11,13,19-20H,4,12,14-18H2,1-2H3,(H,34,35,37)(H2,36,38,40). The van der Waals surface area contributed by atoms with Gasteiger partial charge < -0.3 is 30.2 Å². The zero-order valence-corrected chi connectivity index (χ0v) is 24.9. The summed E-state index contributed by atoms with van der Waals surface area (Å²) in [6, 6.07) is 15.5. The van der Waals surface area contributed by atoms with E-state index in [4.69, 9.17) is 30.8 Å². The van der Waals surface area contributed by atoms with Gasteiger partial charge in [-0.15, -0.1) is 0 Å². The monoisotopic (exact) mass is 603 g/mol. The molecule has 1 fully saturated rings. The van der Waals surface area contributed by atoms with Gasteiger partial charge in [-0.05, 0) is 80.1 Å².